The van der Waals surface area contributed by atoms with Gasteiger partial charge < -0.3 is 4.90 Å². The van der Waals surface area contributed by atoms with Gasteiger partial charge in [0.1, 0.15) is 0 Å². The fraction of sp³-hybridized carbons (Fsp3) is 1.00. The third kappa shape index (κ3) is 4.46. The van der Waals surface area contributed by atoms with Gasteiger partial charge in [0.2, 0.25) is 0 Å². The van der Waals surface area contributed by atoms with Gasteiger partial charge in [-0.05, 0) is 49.5 Å². The molecule has 0 atom stereocenters. The molecule has 0 bridgehead atoms. The molecule has 0 aromatic heterocycles. The van der Waals surface area contributed by atoms with Crippen LogP contribution in [0.25, 0.3) is 0 Å². The molecular formula is C17H34BrN. The van der Waals surface area contributed by atoms with E-state index in [9.17, 15) is 0 Å². The highest BCUT2D eigenvalue weighted by Crippen LogP contribution is 2.40. The van der Waals surface area contributed by atoms with Crippen molar-refractivity contribution < 1.29 is 0 Å². The Labute approximate surface area is 129 Å². The number of alkyl halides is 1. The fourth-order valence-electron chi connectivity index (χ4n) is 3.98. The van der Waals surface area contributed by atoms with Gasteiger partial charge in [0.25, 0.3) is 0 Å². The van der Waals surface area contributed by atoms with Crippen molar-refractivity contribution >= 4 is 15.9 Å². The molecule has 114 valence electrons. The summed E-state index contributed by atoms with van der Waals surface area (Å²) in [5.41, 5.74) is 1.14. The molecule has 19 heavy (non-hydrogen) atoms. The van der Waals surface area contributed by atoms with Crippen molar-refractivity contribution in [2.24, 2.45) is 10.8 Å². The largest absolute Gasteiger partial charge is 0.302 e. The molecule has 0 unspecified atom stereocenters. The SMILES string of the molecule is CCCC(CBr)(CCC)CN1CCC(CC)(CC)C1. The van der Waals surface area contributed by atoms with Gasteiger partial charge >= 0.3 is 0 Å². The fourth-order valence-corrected chi connectivity index (χ4v) is 4.72. The standard InChI is InChI=1S/C17H34BrN/c1-5-9-17(13-18,10-6-2)15-19-12-11-16(7-3,8-4)14-19/h5-15H2,1-4H3. The van der Waals surface area contributed by atoms with Crippen LogP contribution >= 0.6 is 15.9 Å². The quantitative estimate of drug-likeness (QED) is 0.505. The first-order valence-corrected chi connectivity index (χ1v) is 9.49. The molecule has 2 heteroatoms. The van der Waals surface area contributed by atoms with Gasteiger partial charge in [-0.3, -0.25) is 0 Å². The Hall–Kier alpha value is 0.440. The van der Waals surface area contributed by atoms with E-state index < -0.39 is 0 Å². The van der Waals surface area contributed by atoms with Crippen LogP contribution in [0.15, 0.2) is 0 Å². The topological polar surface area (TPSA) is 3.24 Å². The summed E-state index contributed by atoms with van der Waals surface area (Å²) in [7, 11) is 0. The molecule has 0 aromatic rings. The molecule has 0 amide bonds. The maximum Gasteiger partial charge on any atom is 0.0100 e. The lowest BCUT2D eigenvalue weighted by molar-refractivity contribution is 0.151. The van der Waals surface area contributed by atoms with Gasteiger partial charge in [-0.25, -0.2) is 0 Å². The number of hydrogen-bond donors (Lipinski definition) is 0. The summed E-state index contributed by atoms with van der Waals surface area (Å²) in [5.74, 6) is 0. The molecule has 1 rings (SSSR count). The Morgan fingerprint density at radius 1 is 1.05 bits per heavy atom. The maximum atomic E-state index is 3.82. The minimum atomic E-state index is 0.515. The molecule has 0 aromatic carbocycles. The average Bonchev–Trinajstić information content (AvgIpc) is 2.83. The van der Waals surface area contributed by atoms with Crippen molar-refractivity contribution in [3.8, 4) is 0 Å². The second-order valence-corrected chi connectivity index (χ2v) is 7.36. The van der Waals surface area contributed by atoms with Gasteiger partial charge in [0, 0.05) is 18.4 Å². The van der Waals surface area contributed by atoms with Gasteiger partial charge in [-0.2, -0.15) is 0 Å². The predicted molar refractivity (Wildman–Crippen MR) is 90.1 cm³/mol. The van der Waals surface area contributed by atoms with Crippen molar-refractivity contribution in [2.75, 3.05) is 25.0 Å². The summed E-state index contributed by atoms with van der Waals surface area (Å²) in [6.45, 7) is 13.4. The summed E-state index contributed by atoms with van der Waals surface area (Å²) < 4.78 is 0. The minimum Gasteiger partial charge on any atom is -0.302 e. The lowest BCUT2D eigenvalue weighted by atomic mass is 9.80. The first kappa shape index (κ1) is 17.5. The third-order valence-electron chi connectivity index (χ3n) is 5.42. The second kappa shape index (κ2) is 8.02. The predicted octanol–water partition coefficient (Wildman–Crippen LogP) is 5.48. The zero-order valence-corrected chi connectivity index (χ0v) is 15.2. The van der Waals surface area contributed by atoms with Crippen molar-refractivity contribution in [3.05, 3.63) is 0 Å². The molecule has 1 aliphatic heterocycles. The van der Waals surface area contributed by atoms with E-state index in [1.165, 1.54) is 69.9 Å². The highest BCUT2D eigenvalue weighted by molar-refractivity contribution is 9.09. The monoisotopic (exact) mass is 331 g/mol. The molecule has 1 nitrogen and oxygen atoms in total. The lowest BCUT2D eigenvalue weighted by Crippen LogP contribution is -2.39. The Kier molecular flexibility index (Phi) is 7.39. The highest BCUT2D eigenvalue weighted by Gasteiger charge is 2.38. The number of rotatable bonds is 9. The van der Waals surface area contributed by atoms with E-state index in [0.29, 0.717) is 10.8 Å². The van der Waals surface area contributed by atoms with Crippen molar-refractivity contribution in [1.82, 2.24) is 4.90 Å². The molecule has 0 N–H and O–H groups in total. The van der Waals surface area contributed by atoms with Crippen LogP contribution in [-0.2, 0) is 0 Å². The maximum absolute atomic E-state index is 3.82. The number of halogens is 1. The van der Waals surface area contributed by atoms with Crippen LogP contribution in [0.1, 0.15) is 72.6 Å². The van der Waals surface area contributed by atoms with Gasteiger partial charge in [-0.15, -0.1) is 0 Å². The highest BCUT2D eigenvalue weighted by atomic mass is 79.9. The summed E-state index contributed by atoms with van der Waals surface area (Å²) in [6, 6.07) is 0. The van der Waals surface area contributed by atoms with E-state index >= 15 is 0 Å². The lowest BCUT2D eigenvalue weighted by Gasteiger charge is -2.37. The van der Waals surface area contributed by atoms with Gasteiger partial charge in [0.05, 0.1) is 0 Å². The Balaban J connectivity index is 2.65. The van der Waals surface area contributed by atoms with Crippen LogP contribution in [0.4, 0.5) is 0 Å². The zero-order valence-electron chi connectivity index (χ0n) is 13.6. The Morgan fingerprint density at radius 3 is 2.00 bits per heavy atom. The van der Waals surface area contributed by atoms with Crippen molar-refractivity contribution in [1.29, 1.82) is 0 Å². The van der Waals surface area contributed by atoms with Crippen LogP contribution in [0, 0.1) is 10.8 Å². The van der Waals surface area contributed by atoms with Crippen LogP contribution in [0.5, 0.6) is 0 Å². The van der Waals surface area contributed by atoms with E-state index in [4.69, 9.17) is 0 Å². The normalized spacial score (nSPS) is 20.1. The zero-order chi connectivity index (χ0) is 14.4. The van der Waals surface area contributed by atoms with Gasteiger partial charge in [0.15, 0.2) is 0 Å². The van der Waals surface area contributed by atoms with Crippen LogP contribution in [0.2, 0.25) is 0 Å². The summed E-state index contributed by atoms with van der Waals surface area (Å²) in [5, 5.41) is 1.17. The molecule has 1 saturated heterocycles. The third-order valence-corrected chi connectivity index (χ3v) is 6.61. The average molecular weight is 332 g/mol. The molecule has 0 aliphatic carbocycles. The molecule has 1 heterocycles. The number of likely N-dealkylation sites (tertiary alicyclic amines) is 1. The van der Waals surface area contributed by atoms with Crippen LogP contribution < -0.4 is 0 Å². The first-order chi connectivity index (χ1) is 9.09. The smallest absolute Gasteiger partial charge is 0.0100 e. The van der Waals surface area contributed by atoms with E-state index in [1.54, 1.807) is 0 Å². The van der Waals surface area contributed by atoms with Crippen LogP contribution in [0.3, 0.4) is 0 Å². The van der Waals surface area contributed by atoms with Crippen LogP contribution in [-0.4, -0.2) is 29.9 Å². The summed E-state index contributed by atoms with van der Waals surface area (Å²) in [4.78, 5) is 2.76. The van der Waals surface area contributed by atoms with Gasteiger partial charge in [-0.1, -0.05) is 56.5 Å². The molecule has 0 radical (unpaired) electrons. The number of hydrogen-bond acceptors (Lipinski definition) is 1. The number of nitrogens with zero attached hydrogens (tertiary/aromatic N) is 1. The summed E-state index contributed by atoms with van der Waals surface area (Å²) >= 11 is 3.82. The molecule has 1 aliphatic rings. The molecule has 0 spiro atoms. The summed E-state index contributed by atoms with van der Waals surface area (Å²) in [6.07, 6.45) is 9.47. The molecular weight excluding hydrogens is 298 g/mol. The van der Waals surface area contributed by atoms with E-state index in [0.717, 1.165) is 0 Å². The van der Waals surface area contributed by atoms with E-state index in [-0.39, 0.29) is 0 Å². The minimum absolute atomic E-state index is 0.515. The molecule has 1 fully saturated rings. The van der Waals surface area contributed by atoms with E-state index in [2.05, 4.69) is 48.5 Å². The van der Waals surface area contributed by atoms with Crippen molar-refractivity contribution in [2.45, 2.75) is 72.6 Å². The second-order valence-electron chi connectivity index (χ2n) is 6.80. The Morgan fingerprint density at radius 2 is 1.63 bits per heavy atom. The first-order valence-electron chi connectivity index (χ1n) is 8.37. The molecule has 0 saturated carbocycles. The Bertz CT molecular complexity index is 242. The van der Waals surface area contributed by atoms with E-state index in [1.807, 2.05) is 0 Å². The van der Waals surface area contributed by atoms with Crippen molar-refractivity contribution in [3.63, 3.8) is 0 Å².